The van der Waals surface area contributed by atoms with E-state index < -0.39 is 5.60 Å². The van der Waals surface area contributed by atoms with Crippen molar-refractivity contribution in [2.24, 2.45) is 0 Å². The molecule has 0 aliphatic carbocycles. The molecular formula is C17H28N2O2. The summed E-state index contributed by atoms with van der Waals surface area (Å²) in [6.45, 7) is 5.90. The van der Waals surface area contributed by atoms with Gasteiger partial charge in [-0.25, -0.2) is 0 Å². The van der Waals surface area contributed by atoms with Crippen molar-refractivity contribution in [2.45, 2.75) is 19.4 Å². The highest BCUT2D eigenvalue weighted by Crippen LogP contribution is 2.13. The summed E-state index contributed by atoms with van der Waals surface area (Å²) in [7, 11) is 5.59. The van der Waals surface area contributed by atoms with Crippen molar-refractivity contribution in [3.8, 4) is 5.75 Å². The molecule has 1 rings (SSSR count). The minimum Gasteiger partial charge on any atom is -0.497 e. The van der Waals surface area contributed by atoms with E-state index >= 15 is 0 Å². The van der Waals surface area contributed by atoms with Crippen molar-refractivity contribution in [3.05, 3.63) is 35.4 Å². The van der Waals surface area contributed by atoms with Gasteiger partial charge < -0.3 is 20.1 Å². The SMILES string of the molecule is COc1ccc(/C=C(/C)CNCC(C)(O)CN(C)C)cc1. The lowest BCUT2D eigenvalue weighted by Crippen LogP contribution is -2.45. The average molecular weight is 292 g/mol. The van der Waals surface area contributed by atoms with E-state index in [1.807, 2.05) is 50.2 Å². The van der Waals surface area contributed by atoms with Gasteiger partial charge in [0.05, 0.1) is 12.7 Å². The van der Waals surface area contributed by atoms with Crippen LogP contribution < -0.4 is 10.1 Å². The summed E-state index contributed by atoms with van der Waals surface area (Å²) in [5.74, 6) is 0.864. The van der Waals surface area contributed by atoms with Gasteiger partial charge in [0, 0.05) is 19.6 Å². The number of methoxy groups -OCH3 is 1. The minimum absolute atomic E-state index is 0.568. The molecular weight excluding hydrogens is 264 g/mol. The normalized spacial score (nSPS) is 15.1. The number of nitrogens with one attached hydrogen (secondary N) is 1. The number of aliphatic hydroxyl groups is 1. The number of nitrogens with zero attached hydrogens (tertiary/aromatic N) is 1. The Morgan fingerprint density at radius 2 is 1.95 bits per heavy atom. The largest absolute Gasteiger partial charge is 0.497 e. The number of likely N-dealkylation sites (N-methyl/N-ethyl adjacent to an activating group) is 1. The maximum Gasteiger partial charge on any atom is 0.118 e. The molecule has 21 heavy (non-hydrogen) atoms. The molecule has 0 fully saturated rings. The molecule has 0 amide bonds. The summed E-state index contributed by atoms with van der Waals surface area (Å²) >= 11 is 0. The Morgan fingerprint density at radius 1 is 1.33 bits per heavy atom. The van der Waals surface area contributed by atoms with Crippen LogP contribution in [0.25, 0.3) is 6.08 Å². The van der Waals surface area contributed by atoms with Crippen molar-refractivity contribution in [1.29, 1.82) is 0 Å². The Balaban J connectivity index is 2.45. The minimum atomic E-state index is -0.718. The molecule has 2 N–H and O–H groups in total. The van der Waals surface area contributed by atoms with Crippen LogP contribution >= 0.6 is 0 Å². The zero-order chi connectivity index (χ0) is 15.9. The molecule has 1 unspecified atom stereocenters. The Morgan fingerprint density at radius 3 is 2.48 bits per heavy atom. The van der Waals surface area contributed by atoms with E-state index in [4.69, 9.17) is 4.74 Å². The van der Waals surface area contributed by atoms with Crippen LogP contribution in [0.3, 0.4) is 0 Å². The number of hydrogen-bond acceptors (Lipinski definition) is 4. The molecule has 0 aliphatic heterocycles. The van der Waals surface area contributed by atoms with Gasteiger partial charge in [-0.05, 0) is 45.6 Å². The second kappa shape index (κ2) is 8.17. The van der Waals surface area contributed by atoms with Gasteiger partial charge in [0.15, 0.2) is 0 Å². The highest BCUT2D eigenvalue weighted by molar-refractivity contribution is 5.53. The lowest BCUT2D eigenvalue weighted by atomic mass is 10.1. The third kappa shape index (κ3) is 7.27. The van der Waals surface area contributed by atoms with Gasteiger partial charge in [0.25, 0.3) is 0 Å². The Bertz CT molecular complexity index is 450. The molecule has 1 aromatic carbocycles. The second-order valence-corrected chi connectivity index (χ2v) is 6.10. The lowest BCUT2D eigenvalue weighted by Gasteiger charge is -2.27. The molecule has 0 aliphatic rings. The van der Waals surface area contributed by atoms with Crippen LogP contribution in [0.2, 0.25) is 0 Å². The zero-order valence-electron chi connectivity index (χ0n) is 13.8. The van der Waals surface area contributed by atoms with Crippen LogP contribution in [-0.4, -0.2) is 56.4 Å². The van der Waals surface area contributed by atoms with Crippen molar-refractivity contribution in [1.82, 2.24) is 10.2 Å². The summed E-state index contributed by atoms with van der Waals surface area (Å²) in [6, 6.07) is 7.97. The maximum absolute atomic E-state index is 10.2. The summed E-state index contributed by atoms with van der Waals surface area (Å²) in [5.41, 5.74) is 1.65. The van der Waals surface area contributed by atoms with E-state index in [1.54, 1.807) is 7.11 Å². The van der Waals surface area contributed by atoms with Gasteiger partial charge in [-0.1, -0.05) is 23.8 Å². The smallest absolute Gasteiger partial charge is 0.118 e. The van der Waals surface area contributed by atoms with E-state index in [9.17, 15) is 5.11 Å². The molecule has 0 saturated heterocycles. The molecule has 0 radical (unpaired) electrons. The lowest BCUT2D eigenvalue weighted by molar-refractivity contribution is 0.0346. The zero-order valence-corrected chi connectivity index (χ0v) is 13.8. The van der Waals surface area contributed by atoms with E-state index in [0.717, 1.165) is 17.9 Å². The highest BCUT2D eigenvalue weighted by atomic mass is 16.5. The predicted molar refractivity (Wildman–Crippen MR) is 88.7 cm³/mol. The van der Waals surface area contributed by atoms with Crippen LogP contribution in [0.15, 0.2) is 29.8 Å². The van der Waals surface area contributed by atoms with Gasteiger partial charge >= 0.3 is 0 Å². The summed E-state index contributed by atoms with van der Waals surface area (Å²) < 4.78 is 5.14. The first-order valence-electron chi connectivity index (χ1n) is 7.21. The number of ether oxygens (including phenoxy) is 1. The molecule has 0 bridgehead atoms. The van der Waals surface area contributed by atoms with E-state index in [0.29, 0.717) is 13.1 Å². The van der Waals surface area contributed by atoms with Crippen molar-refractivity contribution in [3.63, 3.8) is 0 Å². The van der Waals surface area contributed by atoms with Crippen molar-refractivity contribution >= 4 is 6.08 Å². The van der Waals surface area contributed by atoms with Gasteiger partial charge in [0.2, 0.25) is 0 Å². The van der Waals surface area contributed by atoms with Crippen LogP contribution in [0, 0.1) is 0 Å². The van der Waals surface area contributed by atoms with Crippen LogP contribution in [0.5, 0.6) is 5.75 Å². The topological polar surface area (TPSA) is 44.7 Å². The van der Waals surface area contributed by atoms with E-state index in [1.165, 1.54) is 5.57 Å². The molecule has 1 atom stereocenters. The molecule has 4 nitrogen and oxygen atoms in total. The molecule has 4 heteroatoms. The quantitative estimate of drug-likeness (QED) is 0.769. The monoisotopic (exact) mass is 292 g/mol. The predicted octanol–water partition coefficient (Wildman–Crippen LogP) is 2.00. The second-order valence-electron chi connectivity index (χ2n) is 6.10. The number of benzene rings is 1. The van der Waals surface area contributed by atoms with Gasteiger partial charge in [-0.15, -0.1) is 0 Å². The van der Waals surface area contributed by atoms with Crippen LogP contribution in [0.1, 0.15) is 19.4 Å². The molecule has 0 spiro atoms. The van der Waals surface area contributed by atoms with Crippen molar-refractivity contribution in [2.75, 3.05) is 40.8 Å². The average Bonchev–Trinajstić information content (AvgIpc) is 2.37. The van der Waals surface area contributed by atoms with Gasteiger partial charge in [-0.3, -0.25) is 0 Å². The third-order valence-corrected chi connectivity index (χ3v) is 3.10. The van der Waals surface area contributed by atoms with E-state index in [2.05, 4.69) is 18.3 Å². The van der Waals surface area contributed by atoms with Crippen molar-refractivity contribution < 1.29 is 9.84 Å². The Kier molecular flexibility index (Phi) is 6.89. The third-order valence-electron chi connectivity index (χ3n) is 3.10. The first-order chi connectivity index (χ1) is 9.82. The number of hydrogen-bond donors (Lipinski definition) is 2. The summed E-state index contributed by atoms with van der Waals surface area (Å²) in [6.07, 6.45) is 2.13. The highest BCUT2D eigenvalue weighted by Gasteiger charge is 2.20. The fourth-order valence-corrected chi connectivity index (χ4v) is 2.30. The number of rotatable bonds is 8. The Labute approximate surface area is 128 Å². The molecule has 0 aromatic heterocycles. The maximum atomic E-state index is 10.2. The first-order valence-corrected chi connectivity index (χ1v) is 7.21. The fraction of sp³-hybridized carbons (Fsp3) is 0.529. The molecule has 0 heterocycles. The standard InChI is InChI=1S/C17H28N2O2/c1-14(10-15-6-8-16(21-5)9-7-15)11-18-12-17(2,20)13-19(3)4/h6-10,18,20H,11-13H2,1-5H3/b14-10-. The van der Waals surface area contributed by atoms with Crippen LogP contribution in [0.4, 0.5) is 0 Å². The molecule has 0 saturated carbocycles. The summed E-state index contributed by atoms with van der Waals surface area (Å²) in [4.78, 5) is 1.99. The molecule has 118 valence electrons. The fourth-order valence-electron chi connectivity index (χ4n) is 2.30. The first kappa shape index (κ1) is 17.7. The summed E-state index contributed by atoms with van der Waals surface area (Å²) in [5, 5.41) is 13.5. The Hall–Kier alpha value is -1.36. The van der Waals surface area contributed by atoms with Gasteiger partial charge in [0.1, 0.15) is 5.75 Å². The molecule has 1 aromatic rings. The van der Waals surface area contributed by atoms with Gasteiger partial charge in [-0.2, -0.15) is 0 Å². The van der Waals surface area contributed by atoms with E-state index in [-0.39, 0.29) is 0 Å². The van der Waals surface area contributed by atoms with Crippen LogP contribution in [-0.2, 0) is 0 Å².